The fourth-order valence-electron chi connectivity index (χ4n) is 3.05. The first-order valence-electron chi connectivity index (χ1n) is 7.08. The minimum Gasteiger partial charge on any atom is -0.396 e. The highest BCUT2D eigenvalue weighted by Crippen LogP contribution is 2.32. The third-order valence-electron chi connectivity index (χ3n) is 4.23. The topological polar surface area (TPSA) is 74.6 Å². The average Bonchev–Trinajstić information content (AvgIpc) is 2.38. The lowest BCUT2D eigenvalue weighted by Crippen LogP contribution is -2.19. The van der Waals surface area contributed by atoms with E-state index in [1.54, 1.807) is 6.07 Å². The van der Waals surface area contributed by atoms with Crippen molar-refractivity contribution in [2.24, 2.45) is 11.8 Å². The van der Waals surface area contributed by atoms with Gasteiger partial charge in [-0.2, -0.15) is 8.42 Å². The van der Waals surface area contributed by atoms with Crippen LogP contribution in [0.2, 0.25) is 0 Å². The molecule has 1 saturated carbocycles. The molecule has 5 heteroatoms. The second kappa shape index (κ2) is 6.24. The maximum atomic E-state index is 11.4. The number of hydrogen-bond acceptors (Lipinski definition) is 3. The Morgan fingerprint density at radius 2 is 1.75 bits per heavy atom. The maximum Gasteiger partial charge on any atom is 0.294 e. The van der Waals surface area contributed by atoms with Crippen LogP contribution < -0.4 is 0 Å². The van der Waals surface area contributed by atoms with E-state index in [0.717, 1.165) is 31.2 Å². The fourth-order valence-corrected chi connectivity index (χ4v) is 3.76. The highest BCUT2D eigenvalue weighted by Gasteiger charge is 2.23. The lowest BCUT2D eigenvalue weighted by Gasteiger charge is -2.27. The largest absolute Gasteiger partial charge is 0.396 e. The van der Waals surface area contributed by atoms with Crippen molar-refractivity contribution in [2.45, 2.75) is 43.9 Å². The first kappa shape index (κ1) is 15.5. The molecule has 0 aliphatic heterocycles. The summed E-state index contributed by atoms with van der Waals surface area (Å²) in [5.74, 6) is 0.824. The molecule has 0 saturated heterocycles. The molecule has 0 radical (unpaired) electrons. The van der Waals surface area contributed by atoms with Crippen LogP contribution in [0.3, 0.4) is 0 Å². The number of benzene rings is 1. The first-order chi connectivity index (χ1) is 9.40. The molecule has 2 N–H and O–H groups in total. The normalized spacial score (nSPS) is 23.8. The van der Waals surface area contributed by atoms with Gasteiger partial charge < -0.3 is 5.11 Å². The van der Waals surface area contributed by atoms with Crippen LogP contribution >= 0.6 is 0 Å². The molecule has 0 aromatic heterocycles. The standard InChI is InChI=1S/C15H22O4S/c1-11-2-7-15(20(17,18)19)14(8-11)9-12-3-5-13(10-16)6-4-12/h2,7-8,12-13,16H,3-6,9-10H2,1H3,(H,17,18,19)/t12-,13-. The molecule has 2 rings (SSSR count). The molecule has 0 spiro atoms. The van der Waals surface area contributed by atoms with Gasteiger partial charge in [0.05, 0.1) is 4.90 Å². The summed E-state index contributed by atoms with van der Waals surface area (Å²) in [6.07, 6.45) is 4.67. The van der Waals surface area contributed by atoms with Crippen LogP contribution in [0.4, 0.5) is 0 Å². The van der Waals surface area contributed by atoms with Gasteiger partial charge in [0, 0.05) is 6.61 Å². The van der Waals surface area contributed by atoms with Gasteiger partial charge in [0.25, 0.3) is 10.1 Å². The molecule has 0 unspecified atom stereocenters. The minimum atomic E-state index is -4.16. The number of hydrogen-bond donors (Lipinski definition) is 2. The second-order valence-corrected chi connectivity index (χ2v) is 7.25. The molecule has 1 aromatic carbocycles. The highest BCUT2D eigenvalue weighted by atomic mass is 32.2. The molecule has 1 aliphatic carbocycles. The molecular weight excluding hydrogens is 276 g/mol. The van der Waals surface area contributed by atoms with Crippen molar-refractivity contribution in [1.82, 2.24) is 0 Å². The van der Waals surface area contributed by atoms with Crippen LogP contribution in [0.25, 0.3) is 0 Å². The third kappa shape index (κ3) is 3.81. The summed E-state index contributed by atoms with van der Waals surface area (Å²) in [6, 6.07) is 5.04. The van der Waals surface area contributed by atoms with Crippen LogP contribution in [0, 0.1) is 18.8 Å². The number of aliphatic hydroxyl groups is 1. The highest BCUT2D eigenvalue weighted by molar-refractivity contribution is 7.85. The van der Waals surface area contributed by atoms with E-state index < -0.39 is 10.1 Å². The maximum absolute atomic E-state index is 11.4. The van der Waals surface area contributed by atoms with E-state index in [0.29, 0.717) is 23.8 Å². The van der Waals surface area contributed by atoms with Gasteiger partial charge in [-0.15, -0.1) is 0 Å². The number of aryl methyl sites for hydroxylation is 1. The zero-order chi connectivity index (χ0) is 14.8. The van der Waals surface area contributed by atoms with Crippen LogP contribution in [-0.2, 0) is 16.5 Å². The lowest BCUT2D eigenvalue weighted by molar-refractivity contribution is 0.167. The summed E-state index contributed by atoms with van der Waals surface area (Å²) in [5, 5.41) is 9.14. The summed E-state index contributed by atoms with van der Waals surface area (Å²) in [4.78, 5) is 0.0346. The van der Waals surface area contributed by atoms with Crippen molar-refractivity contribution in [2.75, 3.05) is 6.61 Å². The van der Waals surface area contributed by atoms with Gasteiger partial charge >= 0.3 is 0 Å². The van der Waals surface area contributed by atoms with E-state index in [4.69, 9.17) is 5.11 Å². The summed E-state index contributed by atoms with van der Waals surface area (Å²) in [7, 11) is -4.16. The Balaban J connectivity index is 2.15. The second-order valence-electron chi connectivity index (χ2n) is 5.86. The Hall–Kier alpha value is -0.910. The molecule has 20 heavy (non-hydrogen) atoms. The van der Waals surface area contributed by atoms with Crippen molar-refractivity contribution in [3.05, 3.63) is 29.3 Å². The van der Waals surface area contributed by atoms with E-state index in [2.05, 4.69) is 0 Å². The van der Waals surface area contributed by atoms with E-state index in [1.165, 1.54) is 6.07 Å². The van der Waals surface area contributed by atoms with Gasteiger partial charge in [0.1, 0.15) is 0 Å². The van der Waals surface area contributed by atoms with Gasteiger partial charge in [0.2, 0.25) is 0 Å². The first-order valence-corrected chi connectivity index (χ1v) is 8.52. The molecule has 1 aliphatic rings. The molecule has 0 atom stereocenters. The van der Waals surface area contributed by atoms with E-state index in [9.17, 15) is 13.0 Å². The zero-order valence-electron chi connectivity index (χ0n) is 11.7. The van der Waals surface area contributed by atoms with Gasteiger partial charge in [-0.25, -0.2) is 0 Å². The van der Waals surface area contributed by atoms with Crippen molar-refractivity contribution in [3.63, 3.8) is 0 Å². The van der Waals surface area contributed by atoms with Crippen LogP contribution in [0.1, 0.15) is 36.8 Å². The molecule has 1 fully saturated rings. The van der Waals surface area contributed by atoms with Crippen LogP contribution in [0.5, 0.6) is 0 Å². The quantitative estimate of drug-likeness (QED) is 0.838. The van der Waals surface area contributed by atoms with Crippen molar-refractivity contribution in [1.29, 1.82) is 0 Å². The molecule has 1 aromatic rings. The molecular formula is C15H22O4S. The Kier molecular flexibility index (Phi) is 4.83. The fraction of sp³-hybridized carbons (Fsp3) is 0.600. The smallest absolute Gasteiger partial charge is 0.294 e. The summed E-state index contributed by atoms with van der Waals surface area (Å²) in [5.41, 5.74) is 1.70. The molecule has 0 amide bonds. The van der Waals surface area contributed by atoms with Gasteiger partial charge in [-0.1, -0.05) is 17.7 Å². The summed E-state index contributed by atoms with van der Waals surface area (Å²) >= 11 is 0. The number of aliphatic hydroxyl groups excluding tert-OH is 1. The predicted molar refractivity (Wildman–Crippen MR) is 77.2 cm³/mol. The third-order valence-corrected chi connectivity index (χ3v) is 5.18. The molecule has 0 bridgehead atoms. The van der Waals surface area contributed by atoms with Crippen LogP contribution in [0.15, 0.2) is 23.1 Å². The predicted octanol–water partition coefficient (Wildman–Crippen LogP) is 2.58. The van der Waals surface area contributed by atoms with Crippen molar-refractivity contribution >= 4 is 10.1 Å². The Bertz CT molecular complexity index is 557. The minimum absolute atomic E-state index is 0.0346. The Morgan fingerprint density at radius 3 is 2.30 bits per heavy atom. The van der Waals surface area contributed by atoms with E-state index in [1.807, 2.05) is 13.0 Å². The van der Waals surface area contributed by atoms with Gasteiger partial charge in [-0.3, -0.25) is 4.55 Å². The molecule has 0 heterocycles. The molecule has 4 nitrogen and oxygen atoms in total. The van der Waals surface area contributed by atoms with E-state index >= 15 is 0 Å². The SMILES string of the molecule is Cc1ccc(S(=O)(=O)O)c(C[C@H]2CC[C@H](CO)CC2)c1. The molecule has 112 valence electrons. The van der Waals surface area contributed by atoms with Gasteiger partial charge in [0.15, 0.2) is 0 Å². The summed E-state index contributed by atoms with van der Waals surface area (Å²) in [6.45, 7) is 2.16. The van der Waals surface area contributed by atoms with Crippen molar-refractivity contribution in [3.8, 4) is 0 Å². The van der Waals surface area contributed by atoms with E-state index in [-0.39, 0.29) is 11.5 Å². The average molecular weight is 298 g/mol. The Labute approximate surface area is 120 Å². The summed E-state index contributed by atoms with van der Waals surface area (Å²) < 4.78 is 32.2. The van der Waals surface area contributed by atoms with Gasteiger partial charge in [-0.05, 0) is 62.5 Å². The Morgan fingerprint density at radius 1 is 1.15 bits per heavy atom. The lowest BCUT2D eigenvalue weighted by atomic mass is 9.79. The number of rotatable bonds is 4. The monoisotopic (exact) mass is 298 g/mol. The zero-order valence-corrected chi connectivity index (χ0v) is 12.6. The van der Waals surface area contributed by atoms with Crippen molar-refractivity contribution < 1.29 is 18.1 Å². The van der Waals surface area contributed by atoms with Crippen LogP contribution in [-0.4, -0.2) is 24.7 Å².